The van der Waals surface area contributed by atoms with E-state index in [-0.39, 0.29) is 37.9 Å². The first-order valence-electron chi connectivity index (χ1n) is 14.1. The highest BCUT2D eigenvalue weighted by molar-refractivity contribution is 5.89. The van der Waals surface area contributed by atoms with Crippen molar-refractivity contribution in [2.75, 3.05) is 20.2 Å². The van der Waals surface area contributed by atoms with Gasteiger partial charge in [-0.15, -0.1) is 0 Å². The second-order valence-electron chi connectivity index (χ2n) is 10.2. The van der Waals surface area contributed by atoms with Gasteiger partial charge in [0.05, 0.1) is 20.0 Å². The lowest BCUT2D eigenvalue weighted by Gasteiger charge is -2.28. The second kappa shape index (κ2) is 15.8. The molecule has 0 radical (unpaired) electrons. The fraction of sp³-hybridized carbons (Fsp3) is 0.273. The average Bonchev–Trinajstić information content (AvgIpc) is 3.56. The Morgan fingerprint density at radius 1 is 0.930 bits per heavy atom. The molecule has 4 aromatic rings. The van der Waals surface area contributed by atoms with Gasteiger partial charge < -0.3 is 30.0 Å². The van der Waals surface area contributed by atoms with E-state index in [1.807, 2.05) is 79.7 Å². The molecule has 1 heterocycles. The van der Waals surface area contributed by atoms with E-state index in [1.165, 1.54) is 11.2 Å². The number of ether oxygens (including phenoxy) is 2. The molecule has 0 saturated heterocycles. The van der Waals surface area contributed by atoms with Crippen molar-refractivity contribution < 1.29 is 23.9 Å². The zero-order valence-corrected chi connectivity index (χ0v) is 24.4. The van der Waals surface area contributed by atoms with E-state index in [1.54, 1.807) is 25.4 Å². The Hall–Kier alpha value is -5.12. The summed E-state index contributed by atoms with van der Waals surface area (Å²) in [6, 6.07) is 25.4. The van der Waals surface area contributed by atoms with Crippen LogP contribution in [0, 0.1) is 0 Å². The minimum atomic E-state index is -1.02. The third-order valence-corrected chi connectivity index (χ3v) is 6.93. The van der Waals surface area contributed by atoms with Crippen molar-refractivity contribution in [3.63, 3.8) is 0 Å². The van der Waals surface area contributed by atoms with Gasteiger partial charge in [-0.05, 0) is 34.7 Å². The van der Waals surface area contributed by atoms with E-state index in [0.717, 1.165) is 16.7 Å². The Morgan fingerprint density at radius 2 is 1.63 bits per heavy atom. The van der Waals surface area contributed by atoms with E-state index in [4.69, 9.17) is 9.47 Å². The van der Waals surface area contributed by atoms with Crippen LogP contribution in [0.1, 0.15) is 35.2 Å². The molecular formula is C33H37N5O5. The van der Waals surface area contributed by atoms with E-state index >= 15 is 0 Å². The molecular weight excluding hydrogens is 546 g/mol. The van der Waals surface area contributed by atoms with Gasteiger partial charge in [-0.25, -0.2) is 9.78 Å². The first-order valence-corrected chi connectivity index (χ1v) is 14.1. The number of hydrogen-bond donors (Lipinski definition) is 3. The number of rotatable bonds is 14. The van der Waals surface area contributed by atoms with Gasteiger partial charge in [0.15, 0.2) is 0 Å². The molecule has 4 rings (SSSR count). The van der Waals surface area contributed by atoms with Crippen LogP contribution in [-0.2, 0) is 33.9 Å². The van der Waals surface area contributed by atoms with Crippen molar-refractivity contribution in [2.24, 2.45) is 0 Å². The van der Waals surface area contributed by atoms with Gasteiger partial charge in [-0.1, -0.05) is 79.7 Å². The predicted molar refractivity (Wildman–Crippen MR) is 162 cm³/mol. The first-order chi connectivity index (χ1) is 20.9. The Kier molecular flexibility index (Phi) is 11.3. The van der Waals surface area contributed by atoms with Crippen molar-refractivity contribution in [1.82, 2.24) is 25.5 Å². The van der Waals surface area contributed by atoms with Crippen LogP contribution >= 0.6 is 0 Å². The molecule has 10 nitrogen and oxygen atoms in total. The highest BCUT2D eigenvalue weighted by Gasteiger charge is 2.29. The largest absolute Gasteiger partial charge is 0.497 e. The Bertz CT molecular complexity index is 1430. The van der Waals surface area contributed by atoms with Crippen molar-refractivity contribution in [3.05, 3.63) is 120 Å². The summed E-state index contributed by atoms with van der Waals surface area (Å²) in [6.07, 6.45) is 2.47. The molecule has 43 heavy (non-hydrogen) atoms. The topological polar surface area (TPSA) is 126 Å². The number of hydrogen-bond acceptors (Lipinski definition) is 6. The van der Waals surface area contributed by atoms with Crippen molar-refractivity contribution in [1.29, 1.82) is 0 Å². The van der Waals surface area contributed by atoms with Gasteiger partial charge >= 0.3 is 6.09 Å². The van der Waals surface area contributed by atoms with E-state index in [2.05, 4.69) is 20.6 Å². The summed E-state index contributed by atoms with van der Waals surface area (Å²) in [6.45, 7) is 2.43. The standard InChI is InChI=1S/C33H37N5O5/c1-24(27-11-7-4-8-12-27)18-35-31(39)21-38(20-25-13-15-29(42-2)16-14-25)32(40)30(17-28-19-34-23-36-28)37-33(41)43-22-26-9-5-3-6-10-26/h3-16,19,23-24,30H,17-18,20-22H2,1-2H3,(H,34,36)(H,35,39)(H,37,41)/t24?,30-/m0/s1. The number of methoxy groups -OCH3 is 1. The van der Waals surface area contributed by atoms with Gasteiger partial charge in [0.1, 0.15) is 18.4 Å². The summed E-state index contributed by atoms with van der Waals surface area (Å²) in [5, 5.41) is 5.66. The SMILES string of the molecule is COc1ccc(CN(CC(=O)NCC(C)c2ccccc2)C(=O)[C@H](Cc2cnc[nH]2)NC(=O)OCc2ccccc2)cc1. The molecule has 0 bridgehead atoms. The Morgan fingerprint density at radius 3 is 2.28 bits per heavy atom. The van der Waals surface area contributed by atoms with Crippen LogP contribution in [0.25, 0.3) is 0 Å². The van der Waals surface area contributed by atoms with Gasteiger partial charge in [0.25, 0.3) is 0 Å². The fourth-order valence-corrected chi connectivity index (χ4v) is 4.50. The number of H-pyrrole nitrogens is 1. The smallest absolute Gasteiger partial charge is 0.408 e. The molecule has 3 N–H and O–H groups in total. The van der Waals surface area contributed by atoms with E-state index in [9.17, 15) is 14.4 Å². The minimum Gasteiger partial charge on any atom is -0.497 e. The summed E-state index contributed by atoms with van der Waals surface area (Å²) in [4.78, 5) is 48.4. The molecule has 0 aliphatic heterocycles. The van der Waals surface area contributed by atoms with Crippen molar-refractivity contribution >= 4 is 17.9 Å². The van der Waals surface area contributed by atoms with Gasteiger partial charge in [0.2, 0.25) is 11.8 Å². The maximum Gasteiger partial charge on any atom is 0.408 e. The molecule has 0 spiro atoms. The fourth-order valence-electron chi connectivity index (χ4n) is 4.50. The number of imidazole rings is 1. The summed E-state index contributed by atoms with van der Waals surface area (Å²) < 4.78 is 10.7. The number of aromatic nitrogens is 2. The summed E-state index contributed by atoms with van der Waals surface area (Å²) >= 11 is 0. The lowest BCUT2D eigenvalue weighted by Crippen LogP contribution is -2.52. The van der Waals surface area contributed by atoms with Crippen LogP contribution in [0.15, 0.2) is 97.5 Å². The molecule has 1 aromatic heterocycles. The summed E-state index contributed by atoms with van der Waals surface area (Å²) in [5.74, 6) is 0.0178. The van der Waals surface area contributed by atoms with Crippen molar-refractivity contribution in [3.8, 4) is 5.75 Å². The molecule has 2 atom stereocenters. The lowest BCUT2D eigenvalue weighted by atomic mass is 10.0. The molecule has 224 valence electrons. The molecule has 3 amide bonds. The van der Waals surface area contributed by atoms with Gasteiger partial charge in [-0.3, -0.25) is 9.59 Å². The molecule has 1 unspecified atom stereocenters. The molecule has 0 saturated carbocycles. The van der Waals surface area contributed by atoms with Crippen LogP contribution < -0.4 is 15.4 Å². The minimum absolute atomic E-state index is 0.0508. The highest BCUT2D eigenvalue weighted by atomic mass is 16.5. The third-order valence-electron chi connectivity index (χ3n) is 6.93. The highest BCUT2D eigenvalue weighted by Crippen LogP contribution is 2.16. The van der Waals surface area contributed by atoms with E-state index in [0.29, 0.717) is 18.0 Å². The predicted octanol–water partition coefficient (Wildman–Crippen LogP) is 4.20. The monoisotopic (exact) mass is 583 g/mol. The third kappa shape index (κ3) is 9.74. The Balaban J connectivity index is 1.49. The maximum absolute atomic E-state index is 14.0. The number of alkyl carbamates (subject to hydrolysis) is 1. The number of nitrogens with zero attached hydrogens (tertiary/aromatic N) is 2. The normalized spacial score (nSPS) is 12.0. The van der Waals surface area contributed by atoms with Gasteiger partial charge in [0, 0.05) is 31.4 Å². The number of nitrogens with one attached hydrogen (secondary N) is 3. The molecule has 0 aliphatic rings. The maximum atomic E-state index is 14.0. The number of carbonyl (C=O) groups is 3. The number of carbonyl (C=O) groups excluding carboxylic acids is 3. The van der Waals surface area contributed by atoms with E-state index < -0.39 is 18.0 Å². The lowest BCUT2D eigenvalue weighted by molar-refractivity contribution is -0.138. The zero-order valence-electron chi connectivity index (χ0n) is 24.4. The number of aromatic amines is 1. The van der Waals surface area contributed by atoms with Crippen molar-refractivity contribution in [2.45, 2.75) is 38.5 Å². The summed E-state index contributed by atoms with van der Waals surface area (Å²) in [7, 11) is 1.58. The summed E-state index contributed by atoms with van der Waals surface area (Å²) in [5.41, 5.74) is 3.36. The van der Waals surface area contributed by atoms with Gasteiger partial charge in [-0.2, -0.15) is 0 Å². The van der Waals surface area contributed by atoms with Crippen LogP contribution in [0.4, 0.5) is 4.79 Å². The molecule has 10 heteroatoms. The van der Waals surface area contributed by atoms with Crippen LogP contribution in [0.2, 0.25) is 0 Å². The number of benzene rings is 3. The van der Waals surface area contributed by atoms with Crippen LogP contribution in [0.3, 0.4) is 0 Å². The zero-order chi connectivity index (χ0) is 30.4. The average molecular weight is 584 g/mol. The van der Waals surface area contributed by atoms with Crippen LogP contribution in [0.5, 0.6) is 5.75 Å². The number of amides is 3. The first kappa shape index (κ1) is 30.8. The molecule has 0 fully saturated rings. The molecule has 3 aromatic carbocycles. The quantitative estimate of drug-likeness (QED) is 0.204. The van der Waals surface area contributed by atoms with Crippen LogP contribution in [-0.4, -0.2) is 59.0 Å². The second-order valence-corrected chi connectivity index (χ2v) is 10.2. The molecule has 0 aliphatic carbocycles. The Labute approximate surface area is 251 Å².